The Morgan fingerprint density at radius 2 is 2.26 bits per heavy atom. The Labute approximate surface area is 121 Å². The molecular formula is C14H19BrN2O2. The van der Waals surface area contributed by atoms with Crippen LogP contribution in [0.15, 0.2) is 22.7 Å². The maximum Gasteiger partial charge on any atom is 0.234 e. The van der Waals surface area contributed by atoms with E-state index in [9.17, 15) is 9.90 Å². The highest BCUT2D eigenvalue weighted by Gasteiger charge is 2.23. The van der Waals surface area contributed by atoms with Gasteiger partial charge in [0.2, 0.25) is 5.91 Å². The van der Waals surface area contributed by atoms with Crippen molar-refractivity contribution in [2.24, 2.45) is 0 Å². The maximum atomic E-state index is 11.7. The van der Waals surface area contributed by atoms with Crippen LogP contribution in [0.2, 0.25) is 0 Å². The topological polar surface area (TPSA) is 61.4 Å². The SMILES string of the molecule is CCC(NCC(=O)NC1CC1)c1cc(Br)ccc1O. The Kier molecular flexibility index (Phi) is 4.82. The van der Waals surface area contributed by atoms with E-state index in [2.05, 4.69) is 26.6 Å². The van der Waals surface area contributed by atoms with Crippen LogP contribution in [0.4, 0.5) is 0 Å². The molecule has 0 heterocycles. The second kappa shape index (κ2) is 6.39. The van der Waals surface area contributed by atoms with E-state index in [1.54, 1.807) is 12.1 Å². The zero-order valence-electron chi connectivity index (χ0n) is 10.9. The lowest BCUT2D eigenvalue weighted by molar-refractivity contribution is -0.120. The van der Waals surface area contributed by atoms with Gasteiger partial charge in [-0.05, 0) is 37.5 Å². The van der Waals surface area contributed by atoms with Gasteiger partial charge in [-0.15, -0.1) is 0 Å². The summed E-state index contributed by atoms with van der Waals surface area (Å²) >= 11 is 3.40. The minimum atomic E-state index is -0.0255. The molecule has 5 heteroatoms. The number of aromatic hydroxyl groups is 1. The number of hydrogen-bond acceptors (Lipinski definition) is 3. The average Bonchev–Trinajstić information content (AvgIpc) is 3.18. The molecule has 0 bridgehead atoms. The lowest BCUT2D eigenvalue weighted by Gasteiger charge is -2.18. The number of amides is 1. The van der Waals surface area contributed by atoms with E-state index < -0.39 is 0 Å². The largest absolute Gasteiger partial charge is 0.508 e. The molecule has 1 aromatic carbocycles. The number of hydrogen-bond donors (Lipinski definition) is 3. The van der Waals surface area contributed by atoms with Crippen LogP contribution in [-0.2, 0) is 4.79 Å². The first kappa shape index (κ1) is 14.3. The van der Waals surface area contributed by atoms with E-state index in [4.69, 9.17) is 0 Å². The summed E-state index contributed by atoms with van der Waals surface area (Å²) in [6.45, 7) is 2.30. The fraction of sp³-hybridized carbons (Fsp3) is 0.500. The van der Waals surface area contributed by atoms with Gasteiger partial charge in [0.15, 0.2) is 0 Å². The highest BCUT2D eigenvalue weighted by atomic mass is 79.9. The van der Waals surface area contributed by atoms with Crippen molar-refractivity contribution in [2.75, 3.05) is 6.54 Å². The fourth-order valence-corrected chi connectivity index (χ4v) is 2.38. The highest BCUT2D eigenvalue weighted by molar-refractivity contribution is 9.10. The van der Waals surface area contributed by atoms with E-state index in [-0.39, 0.29) is 24.2 Å². The molecular weight excluding hydrogens is 308 g/mol. The quantitative estimate of drug-likeness (QED) is 0.752. The van der Waals surface area contributed by atoms with E-state index in [0.29, 0.717) is 6.04 Å². The normalized spacial score (nSPS) is 16.1. The van der Waals surface area contributed by atoms with Crippen LogP contribution >= 0.6 is 15.9 Å². The van der Waals surface area contributed by atoms with Crippen LogP contribution in [0.25, 0.3) is 0 Å². The third-order valence-electron chi connectivity index (χ3n) is 3.22. The first-order valence-corrected chi connectivity index (χ1v) is 7.40. The molecule has 0 saturated heterocycles. The number of carbonyl (C=O) groups excluding carboxylic acids is 1. The third kappa shape index (κ3) is 4.21. The van der Waals surface area contributed by atoms with Crippen LogP contribution in [0.1, 0.15) is 37.8 Å². The Balaban J connectivity index is 1.94. The number of carbonyl (C=O) groups is 1. The molecule has 0 aliphatic heterocycles. The van der Waals surface area contributed by atoms with Gasteiger partial charge in [-0.2, -0.15) is 0 Å². The van der Waals surface area contributed by atoms with Gasteiger partial charge in [0, 0.05) is 22.1 Å². The molecule has 1 atom stereocenters. The summed E-state index contributed by atoms with van der Waals surface area (Å²) in [6.07, 6.45) is 2.99. The van der Waals surface area contributed by atoms with E-state index in [1.807, 2.05) is 13.0 Å². The van der Waals surface area contributed by atoms with Crippen molar-refractivity contribution in [3.8, 4) is 5.75 Å². The number of phenols is 1. The molecule has 4 nitrogen and oxygen atoms in total. The Bertz CT molecular complexity index is 461. The molecule has 3 N–H and O–H groups in total. The lowest BCUT2D eigenvalue weighted by atomic mass is 10.0. The van der Waals surface area contributed by atoms with Gasteiger partial charge in [-0.25, -0.2) is 0 Å². The molecule has 0 aromatic heterocycles. The Morgan fingerprint density at radius 3 is 2.89 bits per heavy atom. The summed E-state index contributed by atoms with van der Waals surface area (Å²) in [4.78, 5) is 11.7. The Morgan fingerprint density at radius 1 is 1.53 bits per heavy atom. The van der Waals surface area contributed by atoms with Crippen molar-refractivity contribution < 1.29 is 9.90 Å². The lowest BCUT2D eigenvalue weighted by Crippen LogP contribution is -2.36. The summed E-state index contributed by atoms with van der Waals surface area (Å²) in [7, 11) is 0. The molecule has 2 rings (SSSR count). The van der Waals surface area contributed by atoms with Crippen molar-refractivity contribution >= 4 is 21.8 Å². The number of benzene rings is 1. The molecule has 1 fully saturated rings. The van der Waals surface area contributed by atoms with E-state index >= 15 is 0 Å². The summed E-state index contributed by atoms with van der Waals surface area (Å²) in [5.74, 6) is 0.278. The molecule has 1 aliphatic rings. The molecule has 0 spiro atoms. The second-order valence-electron chi connectivity index (χ2n) is 4.89. The average molecular weight is 327 g/mol. The number of halogens is 1. The molecule has 104 valence electrons. The van der Waals surface area contributed by atoms with Gasteiger partial charge in [0.25, 0.3) is 0 Å². The summed E-state index contributed by atoms with van der Waals surface area (Å²) in [5.41, 5.74) is 0.816. The van der Waals surface area contributed by atoms with Gasteiger partial charge < -0.3 is 15.7 Å². The molecule has 1 saturated carbocycles. The van der Waals surface area contributed by atoms with Crippen molar-refractivity contribution in [3.05, 3.63) is 28.2 Å². The van der Waals surface area contributed by atoms with E-state index in [0.717, 1.165) is 29.3 Å². The molecule has 0 radical (unpaired) electrons. The van der Waals surface area contributed by atoms with Crippen LogP contribution in [-0.4, -0.2) is 23.6 Å². The standard InChI is InChI=1S/C14H19BrN2O2/c1-2-12(11-7-9(15)3-6-13(11)18)16-8-14(19)17-10-4-5-10/h3,6-7,10,12,16,18H,2,4-5,8H2,1H3,(H,17,19). The van der Waals surface area contributed by atoms with Gasteiger partial charge >= 0.3 is 0 Å². The Hall–Kier alpha value is -1.07. The smallest absolute Gasteiger partial charge is 0.234 e. The van der Waals surface area contributed by atoms with Crippen LogP contribution in [0.5, 0.6) is 5.75 Å². The first-order chi connectivity index (χ1) is 9.10. The summed E-state index contributed by atoms with van der Waals surface area (Å²) in [6, 6.07) is 5.70. The van der Waals surface area contributed by atoms with Crippen molar-refractivity contribution in [1.82, 2.24) is 10.6 Å². The van der Waals surface area contributed by atoms with Gasteiger partial charge in [-0.3, -0.25) is 4.79 Å². The predicted octanol–water partition coefficient (Wildman–Crippen LogP) is 2.47. The summed E-state index contributed by atoms with van der Waals surface area (Å²) in [5, 5.41) is 16.0. The highest BCUT2D eigenvalue weighted by Crippen LogP contribution is 2.29. The van der Waals surface area contributed by atoms with Crippen molar-refractivity contribution in [1.29, 1.82) is 0 Å². The van der Waals surface area contributed by atoms with Crippen LogP contribution in [0, 0.1) is 0 Å². The third-order valence-corrected chi connectivity index (χ3v) is 3.72. The zero-order valence-corrected chi connectivity index (χ0v) is 12.5. The minimum absolute atomic E-state index is 0.0236. The molecule has 1 amide bonds. The van der Waals surface area contributed by atoms with Gasteiger partial charge in [0.1, 0.15) is 5.75 Å². The minimum Gasteiger partial charge on any atom is -0.508 e. The summed E-state index contributed by atoms with van der Waals surface area (Å²) < 4.78 is 0.919. The molecule has 1 unspecified atom stereocenters. The van der Waals surface area contributed by atoms with Crippen LogP contribution < -0.4 is 10.6 Å². The van der Waals surface area contributed by atoms with Crippen LogP contribution in [0.3, 0.4) is 0 Å². The number of rotatable bonds is 6. The van der Waals surface area contributed by atoms with E-state index in [1.165, 1.54) is 0 Å². The number of nitrogens with one attached hydrogen (secondary N) is 2. The molecule has 19 heavy (non-hydrogen) atoms. The first-order valence-electron chi connectivity index (χ1n) is 6.61. The number of phenolic OH excluding ortho intramolecular Hbond substituents is 1. The van der Waals surface area contributed by atoms with Crippen molar-refractivity contribution in [2.45, 2.75) is 38.3 Å². The second-order valence-corrected chi connectivity index (χ2v) is 5.80. The maximum absolute atomic E-state index is 11.7. The molecule has 1 aliphatic carbocycles. The molecule has 1 aromatic rings. The monoisotopic (exact) mass is 326 g/mol. The zero-order chi connectivity index (χ0) is 13.8. The van der Waals surface area contributed by atoms with Gasteiger partial charge in [0.05, 0.1) is 6.54 Å². The van der Waals surface area contributed by atoms with Gasteiger partial charge in [-0.1, -0.05) is 22.9 Å². The predicted molar refractivity (Wildman–Crippen MR) is 78.0 cm³/mol. The fourth-order valence-electron chi connectivity index (χ4n) is 2.00. The van der Waals surface area contributed by atoms with Crippen molar-refractivity contribution in [3.63, 3.8) is 0 Å².